The minimum absolute atomic E-state index is 0.176. The van der Waals surface area contributed by atoms with Gasteiger partial charge in [0.15, 0.2) is 0 Å². The number of aromatic nitrogens is 2. The molecule has 4 rings (SSSR count). The van der Waals surface area contributed by atoms with Gasteiger partial charge in [-0.1, -0.05) is 29.8 Å². The van der Waals surface area contributed by atoms with Crippen LogP contribution >= 0.6 is 11.6 Å². The Morgan fingerprint density at radius 1 is 0.968 bits per heavy atom. The Labute approximate surface area is 185 Å². The summed E-state index contributed by atoms with van der Waals surface area (Å²) in [5.74, 6) is 1.17. The van der Waals surface area contributed by atoms with Crippen molar-refractivity contribution in [1.82, 2.24) is 9.97 Å². The van der Waals surface area contributed by atoms with Crippen LogP contribution in [0.5, 0.6) is 0 Å². The molecule has 0 atom stereocenters. The first-order chi connectivity index (χ1) is 15.0. The Morgan fingerprint density at radius 2 is 1.71 bits per heavy atom. The molecular formula is C24H22ClN5O. The number of amides is 1. The van der Waals surface area contributed by atoms with E-state index in [0.29, 0.717) is 23.1 Å². The maximum absolute atomic E-state index is 12.3. The number of halogens is 1. The highest BCUT2D eigenvalue weighted by Gasteiger charge is 2.08. The second-order valence-corrected chi connectivity index (χ2v) is 7.61. The molecule has 3 aromatic carbocycles. The molecule has 0 fully saturated rings. The normalized spacial score (nSPS) is 10.7. The Morgan fingerprint density at radius 3 is 2.42 bits per heavy atom. The van der Waals surface area contributed by atoms with Crippen molar-refractivity contribution in [2.45, 2.75) is 13.5 Å². The number of hydrogen-bond acceptors (Lipinski definition) is 5. The van der Waals surface area contributed by atoms with Gasteiger partial charge >= 0.3 is 0 Å². The molecule has 0 unspecified atom stereocenters. The van der Waals surface area contributed by atoms with E-state index in [4.69, 9.17) is 11.6 Å². The molecular weight excluding hydrogens is 410 g/mol. The second-order valence-electron chi connectivity index (χ2n) is 7.18. The average Bonchev–Trinajstić information content (AvgIpc) is 2.78. The average molecular weight is 432 g/mol. The molecule has 31 heavy (non-hydrogen) atoms. The summed E-state index contributed by atoms with van der Waals surface area (Å²) in [6, 6.07) is 20.6. The van der Waals surface area contributed by atoms with Crippen LogP contribution in [0.15, 0.2) is 66.7 Å². The van der Waals surface area contributed by atoms with Crippen LogP contribution in [0.1, 0.15) is 21.5 Å². The van der Waals surface area contributed by atoms with Crippen LogP contribution in [-0.4, -0.2) is 22.9 Å². The number of hydrogen-bond donors (Lipinski definition) is 3. The van der Waals surface area contributed by atoms with Crippen LogP contribution in [0.25, 0.3) is 10.9 Å². The quantitative estimate of drug-likeness (QED) is 0.375. The van der Waals surface area contributed by atoms with E-state index in [2.05, 4.69) is 25.9 Å². The molecule has 0 spiro atoms. The number of aryl methyl sites for hydroxylation is 1. The molecule has 0 radical (unpaired) electrons. The summed E-state index contributed by atoms with van der Waals surface area (Å²) in [6.07, 6.45) is 0. The Hall–Kier alpha value is -3.64. The van der Waals surface area contributed by atoms with Crippen LogP contribution in [0, 0.1) is 6.92 Å². The van der Waals surface area contributed by atoms with Crippen LogP contribution < -0.4 is 16.0 Å². The zero-order valence-corrected chi connectivity index (χ0v) is 18.0. The SMILES string of the molecule is CNc1nc(NCc2ccc(NC(=O)c3ccc(Cl)cc3)cc2)c2ccc(C)cc2n1. The molecule has 0 aliphatic carbocycles. The largest absolute Gasteiger partial charge is 0.365 e. The summed E-state index contributed by atoms with van der Waals surface area (Å²) < 4.78 is 0. The van der Waals surface area contributed by atoms with Crippen LogP contribution in [-0.2, 0) is 6.54 Å². The van der Waals surface area contributed by atoms with E-state index >= 15 is 0 Å². The third kappa shape index (κ3) is 4.92. The van der Waals surface area contributed by atoms with Crippen molar-refractivity contribution in [2.75, 3.05) is 23.0 Å². The van der Waals surface area contributed by atoms with Gasteiger partial charge in [-0.05, 0) is 66.6 Å². The molecule has 3 N–H and O–H groups in total. The minimum atomic E-state index is -0.176. The molecule has 0 saturated carbocycles. The molecule has 1 heterocycles. The monoisotopic (exact) mass is 431 g/mol. The molecule has 0 bridgehead atoms. The van der Waals surface area contributed by atoms with Crippen molar-refractivity contribution in [3.63, 3.8) is 0 Å². The first kappa shape index (κ1) is 20.6. The Kier molecular flexibility index (Phi) is 6.00. The number of carbonyl (C=O) groups is 1. The second kappa shape index (κ2) is 9.02. The van der Waals surface area contributed by atoms with Gasteiger partial charge < -0.3 is 16.0 Å². The lowest BCUT2D eigenvalue weighted by atomic mass is 10.1. The minimum Gasteiger partial charge on any atom is -0.365 e. The van der Waals surface area contributed by atoms with Crippen LogP contribution in [0.2, 0.25) is 5.02 Å². The van der Waals surface area contributed by atoms with Gasteiger partial charge in [-0.3, -0.25) is 4.79 Å². The van der Waals surface area contributed by atoms with Gasteiger partial charge in [0, 0.05) is 35.3 Å². The van der Waals surface area contributed by atoms with E-state index in [1.54, 1.807) is 31.3 Å². The molecule has 7 heteroatoms. The summed E-state index contributed by atoms with van der Waals surface area (Å²) in [4.78, 5) is 21.4. The smallest absolute Gasteiger partial charge is 0.255 e. The Bertz CT molecular complexity index is 1220. The summed E-state index contributed by atoms with van der Waals surface area (Å²) >= 11 is 5.87. The molecule has 1 amide bonds. The molecule has 156 valence electrons. The maximum atomic E-state index is 12.3. The fourth-order valence-corrected chi connectivity index (χ4v) is 3.31. The van der Waals surface area contributed by atoms with E-state index in [0.717, 1.165) is 33.5 Å². The lowest BCUT2D eigenvalue weighted by molar-refractivity contribution is 0.102. The fraction of sp³-hybridized carbons (Fsp3) is 0.125. The number of fused-ring (bicyclic) bond motifs is 1. The molecule has 6 nitrogen and oxygen atoms in total. The highest BCUT2D eigenvalue weighted by molar-refractivity contribution is 6.30. The molecule has 4 aromatic rings. The van der Waals surface area contributed by atoms with Crippen LogP contribution in [0.3, 0.4) is 0 Å². The van der Waals surface area contributed by atoms with Gasteiger partial charge in [-0.2, -0.15) is 4.98 Å². The van der Waals surface area contributed by atoms with Crippen molar-refractivity contribution in [2.24, 2.45) is 0 Å². The first-order valence-electron chi connectivity index (χ1n) is 9.88. The van der Waals surface area contributed by atoms with Gasteiger partial charge in [0.1, 0.15) is 5.82 Å². The number of anilines is 3. The van der Waals surface area contributed by atoms with E-state index in [9.17, 15) is 4.79 Å². The number of carbonyl (C=O) groups excluding carboxylic acids is 1. The number of nitrogens with zero attached hydrogens (tertiary/aromatic N) is 2. The topological polar surface area (TPSA) is 78.9 Å². The van der Waals surface area contributed by atoms with Crippen LogP contribution in [0.4, 0.5) is 17.5 Å². The molecule has 1 aromatic heterocycles. The Balaban J connectivity index is 1.45. The summed E-state index contributed by atoms with van der Waals surface area (Å²) in [7, 11) is 1.80. The van der Waals surface area contributed by atoms with Crippen molar-refractivity contribution in [3.8, 4) is 0 Å². The summed E-state index contributed by atoms with van der Waals surface area (Å²) in [5.41, 5.74) is 4.39. The lowest BCUT2D eigenvalue weighted by Crippen LogP contribution is -2.11. The van der Waals surface area contributed by atoms with Gasteiger partial charge in [0.2, 0.25) is 5.95 Å². The van der Waals surface area contributed by atoms with E-state index in [1.165, 1.54) is 0 Å². The summed E-state index contributed by atoms with van der Waals surface area (Å²) in [6.45, 7) is 2.63. The lowest BCUT2D eigenvalue weighted by Gasteiger charge is -2.12. The molecule has 0 aliphatic rings. The number of benzene rings is 3. The molecule has 0 aliphatic heterocycles. The van der Waals surface area contributed by atoms with Gasteiger partial charge in [-0.15, -0.1) is 0 Å². The van der Waals surface area contributed by atoms with Gasteiger partial charge in [0.05, 0.1) is 5.52 Å². The predicted molar refractivity (Wildman–Crippen MR) is 127 cm³/mol. The standard InChI is InChI=1S/C24H22ClN5O/c1-15-3-12-20-21(13-15)29-24(26-2)30-22(20)27-14-16-4-10-19(11-5-16)28-23(31)17-6-8-18(25)9-7-17/h3-13H,14H2,1-2H3,(H,28,31)(H2,26,27,29,30). The summed E-state index contributed by atoms with van der Waals surface area (Å²) in [5, 5.41) is 10.9. The first-order valence-corrected chi connectivity index (χ1v) is 10.3. The zero-order chi connectivity index (χ0) is 21.8. The highest BCUT2D eigenvalue weighted by atomic mass is 35.5. The van der Waals surface area contributed by atoms with Crippen molar-refractivity contribution >= 4 is 45.9 Å². The van der Waals surface area contributed by atoms with Gasteiger partial charge in [0.25, 0.3) is 5.91 Å². The van der Waals surface area contributed by atoms with Gasteiger partial charge in [-0.25, -0.2) is 4.98 Å². The predicted octanol–water partition coefficient (Wildman–Crippen LogP) is 5.50. The van der Waals surface area contributed by atoms with Crippen molar-refractivity contribution < 1.29 is 4.79 Å². The third-order valence-electron chi connectivity index (χ3n) is 4.85. The maximum Gasteiger partial charge on any atom is 0.255 e. The zero-order valence-electron chi connectivity index (χ0n) is 17.2. The number of nitrogens with one attached hydrogen (secondary N) is 3. The van der Waals surface area contributed by atoms with Crippen molar-refractivity contribution in [1.29, 1.82) is 0 Å². The number of rotatable bonds is 6. The van der Waals surface area contributed by atoms with E-state index in [-0.39, 0.29) is 5.91 Å². The van der Waals surface area contributed by atoms with Crippen molar-refractivity contribution in [3.05, 3.63) is 88.4 Å². The highest BCUT2D eigenvalue weighted by Crippen LogP contribution is 2.24. The third-order valence-corrected chi connectivity index (χ3v) is 5.11. The fourth-order valence-electron chi connectivity index (χ4n) is 3.18. The van der Waals surface area contributed by atoms with E-state index < -0.39 is 0 Å². The molecule has 0 saturated heterocycles. The van der Waals surface area contributed by atoms with E-state index in [1.807, 2.05) is 49.4 Å².